The third-order valence-electron chi connectivity index (χ3n) is 7.12. The fraction of sp³-hybridized carbons (Fsp3) is 0.483. The van der Waals surface area contributed by atoms with Gasteiger partial charge in [0.2, 0.25) is 5.91 Å². The Balaban J connectivity index is 1.20. The van der Waals surface area contributed by atoms with Gasteiger partial charge in [-0.2, -0.15) is 0 Å². The molecule has 2 fully saturated rings. The van der Waals surface area contributed by atoms with Gasteiger partial charge in [-0.05, 0) is 87.4 Å². The maximum Gasteiger partial charge on any atom is 0.223 e. The molecule has 2 aromatic rings. The number of carbonyl (C=O) groups is 1. The molecule has 180 valence electrons. The summed E-state index contributed by atoms with van der Waals surface area (Å²) in [6.07, 6.45) is 3.99. The number of hydrogen-bond acceptors (Lipinski definition) is 4. The molecule has 1 saturated carbocycles. The summed E-state index contributed by atoms with van der Waals surface area (Å²) in [7, 11) is 1.68. The molecular formula is C29H36N2O3. The lowest BCUT2D eigenvalue weighted by Gasteiger charge is -2.32. The molecule has 0 aromatic heterocycles. The second-order valence-corrected chi connectivity index (χ2v) is 10.3. The van der Waals surface area contributed by atoms with Crippen LogP contribution in [0, 0.1) is 23.2 Å². The normalized spacial score (nSPS) is 19.2. The number of carbonyl (C=O) groups excluding carboxylic acids is 1. The average molecular weight is 461 g/mol. The predicted octanol–water partition coefficient (Wildman–Crippen LogP) is 3.78. The molecule has 0 unspecified atom stereocenters. The number of benzene rings is 2. The van der Waals surface area contributed by atoms with Gasteiger partial charge in [-0.1, -0.05) is 42.2 Å². The molecule has 2 N–H and O–H groups in total. The van der Waals surface area contributed by atoms with Crippen LogP contribution in [0.5, 0.6) is 5.75 Å². The minimum absolute atomic E-state index is 0.168. The molecule has 0 radical (unpaired) electrons. The standard InChI is InChI=1S/C29H36N2O3/c1-28(2,33)14-12-22-8-10-23(11-9-22)21-31-18-15-29(16-19-31)20-25(29)27(32)30-17-13-24-6-4-5-7-26(24)34-3/h4-11,25,33H,13,15-21H2,1-3H3,(H,30,32)/t25-/m0/s1. The zero-order chi connectivity index (χ0) is 24.2. The molecule has 34 heavy (non-hydrogen) atoms. The van der Waals surface area contributed by atoms with Crippen LogP contribution in [-0.2, 0) is 17.8 Å². The topological polar surface area (TPSA) is 61.8 Å². The number of rotatable bonds is 7. The number of ether oxygens (including phenoxy) is 1. The summed E-state index contributed by atoms with van der Waals surface area (Å²) in [6.45, 7) is 7.01. The van der Waals surface area contributed by atoms with E-state index in [-0.39, 0.29) is 17.2 Å². The molecular weight excluding hydrogens is 424 g/mol. The van der Waals surface area contributed by atoms with Crippen LogP contribution < -0.4 is 10.1 Å². The van der Waals surface area contributed by atoms with Gasteiger partial charge in [0.25, 0.3) is 0 Å². The highest BCUT2D eigenvalue weighted by molar-refractivity contribution is 5.82. The lowest BCUT2D eigenvalue weighted by Crippen LogP contribution is -2.37. The lowest BCUT2D eigenvalue weighted by molar-refractivity contribution is -0.123. The Bertz CT molecular complexity index is 1050. The van der Waals surface area contributed by atoms with E-state index < -0.39 is 5.60 Å². The summed E-state index contributed by atoms with van der Waals surface area (Å²) in [5, 5.41) is 12.9. The smallest absolute Gasteiger partial charge is 0.223 e. The Labute approximate surface area is 203 Å². The first-order chi connectivity index (χ1) is 16.3. The minimum Gasteiger partial charge on any atom is -0.496 e. The first-order valence-corrected chi connectivity index (χ1v) is 12.2. The van der Waals surface area contributed by atoms with E-state index in [4.69, 9.17) is 4.74 Å². The number of nitrogens with zero attached hydrogens (tertiary/aromatic N) is 1. The molecule has 1 aliphatic heterocycles. The van der Waals surface area contributed by atoms with Crippen molar-refractivity contribution in [3.05, 3.63) is 65.2 Å². The van der Waals surface area contributed by atoms with Crippen LogP contribution in [0.15, 0.2) is 48.5 Å². The van der Waals surface area contributed by atoms with Crippen molar-refractivity contribution in [2.75, 3.05) is 26.7 Å². The van der Waals surface area contributed by atoms with E-state index in [0.717, 1.165) is 62.2 Å². The van der Waals surface area contributed by atoms with Crippen LogP contribution in [-0.4, -0.2) is 48.3 Å². The van der Waals surface area contributed by atoms with Crippen molar-refractivity contribution in [1.29, 1.82) is 0 Å². The fourth-order valence-corrected chi connectivity index (χ4v) is 4.96. The van der Waals surface area contributed by atoms with Gasteiger partial charge >= 0.3 is 0 Å². The minimum atomic E-state index is -0.977. The molecule has 1 aliphatic carbocycles. The molecule has 1 saturated heterocycles. The molecule has 1 spiro atoms. The average Bonchev–Trinajstić information content (AvgIpc) is 3.53. The van der Waals surface area contributed by atoms with E-state index in [9.17, 15) is 9.90 Å². The van der Waals surface area contributed by atoms with E-state index in [1.165, 1.54) is 5.56 Å². The van der Waals surface area contributed by atoms with E-state index in [1.807, 2.05) is 30.3 Å². The van der Waals surface area contributed by atoms with Gasteiger partial charge < -0.3 is 15.2 Å². The number of hydrogen-bond donors (Lipinski definition) is 2. The van der Waals surface area contributed by atoms with Crippen LogP contribution in [0.25, 0.3) is 0 Å². The monoisotopic (exact) mass is 460 g/mol. The van der Waals surface area contributed by atoms with Crippen LogP contribution in [0.1, 0.15) is 49.8 Å². The maximum atomic E-state index is 12.8. The zero-order valence-corrected chi connectivity index (χ0v) is 20.6. The summed E-state index contributed by atoms with van der Waals surface area (Å²) in [5.41, 5.74) is 2.55. The van der Waals surface area contributed by atoms with Crippen molar-refractivity contribution in [3.8, 4) is 17.6 Å². The Morgan fingerprint density at radius 3 is 2.56 bits per heavy atom. The van der Waals surface area contributed by atoms with Gasteiger partial charge in [-0.25, -0.2) is 0 Å². The molecule has 1 atom stereocenters. The fourth-order valence-electron chi connectivity index (χ4n) is 4.96. The molecule has 2 aliphatic rings. The molecule has 1 heterocycles. The molecule has 2 aromatic carbocycles. The van der Waals surface area contributed by atoms with Gasteiger partial charge in [0, 0.05) is 24.6 Å². The number of aliphatic hydroxyl groups is 1. The number of methoxy groups -OCH3 is 1. The van der Waals surface area contributed by atoms with Crippen molar-refractivity contribution in [2.24, 2.45) is 11.3 Å². The van der Waals surface area contributed by atoms with Gasteiger partial charge in [0.15, 0.2) is 0 Å². The summed E-state index contributed by atoms with van der Waals surface area (Å²) >= 11 is 0. The van der Waals surface area contributed by atoms with Crippen LogP contribution in [0.3, 0.4) is 0 Å². The highest BCUT2D eigenvalue weighted by atomic mass is 16.5. The van der Waals surface area contributed by atoms with Gasteiger partial charge in [-0.15, -0.1) is 0 Å². The van der Waals surface area contributed by atoms with E-state index in [2.05, 4.69) is 40.3 Å². The number of nitrogens with one attached hydrogen (secondary N) is 1. The largest absolute Gasteiger partial charge is 0.496 e. The van der Waals surface area contributed by atoms with Crippen molar-refractivity contribution in [2.45, 2.75) is 51.7 Å². The second kappa shape index (κ2) is 10.2. The quantitative estimate of drug-likeness (QED) is 0.618. The molecule has 0 bridgehead atoms. The molecule has 5 heteroatoms. The Hall–Kier alpha value is -2.81. The molecule has 5 nitrogen and oxygen atoms in total. The Morgan fingerprint density at radius 1 is 1.18 bits per heavy atom. The third kappa shape index (κ3) is 6.20. The van der Waals surface area contributed by atoms with E-state index in [0.29, 0.717) is 6.54 Å². The Kier molecular flexibility index (Phi) is 7.30. The molecule has 4 rings (SSSR count). The maximum absolute atomic E-state index is 12.8. The van der Waals surface area contributed by atoms with Crippen molar-refractivity contribution in [3.63, 3.8) is 0 Å². The number of amides is 1. The van der Waals surface area contributed by atoms with Crippen LogP contribution in [0.2, 0.25) is 0 Å². The first kappa shape index (κ1) is 24.3. The van der Waals surface area contributed by atoms with Crippen LogP contribution >= 0.6 is 0 Å². The Morgan fingerprint density at radius 2 is 1.88 bits per heavy atom. The van der Waals surface area contributed by atoms with Crippen molar-refractivity contribution < 1.29 is 14.6 Å². The first-order valence-electron chi connectivity index (χ1n) is 12.2. The van der Waals surface area contributed by atoms with Crippen molar-refractivity contribution >= 4 is 5.91 Å². The van der Waals surface area contributed by atoms with E-state index in [1.54, 1.807) is 21.0 Å². The van der Waals surface area contributed by atoms with E-state index >= 15 is 0 Å². The summed E-state index contributed by atoms with van der Waals surface area (Å²) in [4.78, 5) is 15.2. The number of likely N-dealkylation sites (tertiary alicyclic amines) is 1. The summed E-state index contributed by atoms with van der Waals surface area (Å²) in [6, 6.07) is 16.3. The second-order valence-electron chi connectivity index (χ2n) is 10.3. The van der Waals surface area contributed by atoms with Crippen LogP contribution in [0.4, 0.5) is 0 Å². The summed E-state index contributed by atoms with van der Waals surface area (Å²) < 4.78 is 5.40. The third-order valence-corrected chi connectivity index (χ3v) is 7.12. The zero-order valence-electron chi connectivity index (χ0n) is 20.6. The van der Waals surface area contributed by atoms with Gasteiger partial charge in [0.05, 0.1) is 7.11 Å². The lowest BCUT2D eigenvalue weighted by atomic mass is 9.90. The molecule has 1 amide bonds. The SMILES string of the molecule is COc1ccccc1CCNC(=O)[C@@H]1CC12CCN(Cc1ccc(C#CC(C)(C)O)cc1)CC2. The van der Waals surface area contributed by atoms with Gasteiger partial charge in [0.1, 0.15) is 11.4 Å². The van der Waals surface area contributed by atoms with Gasteiger partial charge in [-0.3, -0.25) is 9.69 Å². The highest BCUT2D eigenvalue weighted by Crippen LogP contribution is 2.59. The predicted molar refractivity (Wildman–Crippen MR) is 134 cm³/mol. The summed E-state index contributed by atoms with van der Waals surface area (Å²) in [5.74, 6) is 7.13. The number of piperidine rings is 1. The number of para-hydroxylation sites is 1. The highest BCUT2D eigenvalue weighted by Gasteiger charge is 2.58. The van der Waals surface area contributed by atoms with Crippen molar-refractivity contribution in [1.82, 2.24) is 10.2 Å².